The number of rotatable bonds is 5. The number of pyridine rings is 1. The molecule has 26 heavy (non-hydrogen) atoms. The lowest BCUT2D eigenvalue weighted by molar-refractivity contribution is -0.0342. The van der Waals surface area contributed by atoms with E-state index in [1.54, 1.807) is 29.2 Å². The van der Waals surface area contributed by atoms with Gasteiger partial charge in [0.25, 0.3) is 5.56 Å². The largest absolute Gasteiger partial charge is 0.389 e. The Morgan fingerprint density at radius 2 is 2.00 bits per heavy atom. The van der Waals surface area contributed by atoms with Crippen molar-refractivity contribution in [1.29, 1.82) is 0 Å². The van der Waals surface area contributed by atoms with Crippen LogP contribution >= 0.6 is 0 Å². The van der Waals surface area contributed by atoms with Gasteiger partial charge in [-0.1, -0.05) is 0 Å². The van der Waals surface area contributed by atoms with Gasteiger partial charge in [0.1, 0.15) is 0 Å². The first-order valence-electron chi connectivity index (χ1n) is 9.59. The van der Waals surface area contributed by atoms with Crippen molar-refractivity contribution >= 4 is 0 Å². The quantitative estimate of drug-likeness (QED) is 0.861. The molecule has 2 aliphatic carbocycles. The highest BCUT2D eigenvalue weighted by Crippen LogP contribution is 2.32. The SMILES string of the molecule is O=c1ccc(-c2cccnc2)nn1C1CCC(NCC2(O)CCC2)CC1. The Hall–Kier alpha value is -2.05. The fourth-order valence-electron chi connectivity index (χ4n) is 3.98. The van der Waals surface area contributed by atoms with E-state index in [4.69, 9.17) is 0 Å². The molecule has 0 bridgehead atoms. The summed E-state index contributed by atoms with van der Waals surface area (Å²) in [7, 11) is 0. The third kappa shape index (κ3) is 3.71. The first-order valence-corrected chi connectivity index (χ1v) is 9.59. The average Bonchev–Trinajstić information content (AvgIpc) is 2.66. The molecule has 0 atom stereocenters. The molecule has 0 amide bonds. The van der Waals surface area contributed by atoms with Crippen LogP contribution in [0.1, 0.15) is 51.0 Å². The Labute approximate surface area is 153 Å². The van der Waals surface area contributed by atoms with Crippen LogP contribution in [0.3, 0.4) is 0 Å². The van der Waals surface area contributed by atoms with Crippen LogP contribution in [0.15, 0.2) is 41.5 Å². The third-order valence-corrected chi connectivity index (χ3v) is 5.83. The highest BCUT2D eigenvalue weighted by atomic mass is 16.3. The molecule has 0 saturated heterocycles. The minimum atomic E-state index is -0.479. The van der Waals surface area contributed by atoms with Crippen molar-refractivity contribution in [2.75, 3.05) is 6.54 Å². The molecular weight excluding hydrogens is 328 g/mol. The predicted octanol–water partition coefficient (Wildman–Crippen LogP) is 2.29. The Morgan fingerprint density at radius 1 is 1.19 bits per heavy atom. The van der Waals surface area contributed by atoms with Crippen molar-refractivity contribution in [1.82, 2.24) is 20.1 Å². The van der Waals surface area contributed by atoms with E-state index in [2.05, 4.69) is 15.4 Å². The number of aromatic nitrogens is 3. The van der Waals surface area contributed by atoms with Gasteiger partial charge in [-0.3, -0.25) is 9.78 Å². The molecule has 4 rings (SSSR count). The normalized spacial score (nSPS) is 24.8. The molecule has 0 spiro atoms. The molecule has 0 aromatic carbocycles. The summed E-state index contributed by atoms with van der Waals surface area (Å²) in [5, 5.41) is 18.3. The smallest absolute Gasteiger partial charge is 0.267 e. The van der Waals surface area contributed by atoms with E-state index >= 15 is 0 Å². The first kappa shape index (κ1) is 17.4. The lowest BCUT2D eigenvalue weighted by Gasteiger charge is -2.39. The van der Waals surface area contributed by atoms with Gasteiger partial charge in [0.15, 0.2) is 0 Å². The Kier molecular flexibility index (Phi) is 4.87. The van der Waals surface area contributed by atoms with Gasteiger partial charge in [-0.15, -0.1) is 0 Å². The van der Waals surface area contributed by atoms with Gasteiger partial charge in [0, 0.05) is 36.6 Å². The van der Waals surface area contributed by atoms with E-state index in [1.165, 1.54) is 0 Å². The number of hydrogen-bond acceptors (Lipinski definition) is 5. The molecule has 6 heteroatoms. The Bertz CT molecular complexity index is 793. The summed E-state index contributed by atoms with van der Waals surface area (Å²) in [5.41, 5.74) is 1.18. The summed E-state index contributed by atoms with van der Waals surface area (Å²) >= 11 is 0. The first-order chi connectivity index (χ1) is 12.6. The molecule has 2 aliphatic rings. The number of hydrogen-bond donors (Lipinski definition) is 2. The standard InChI is InChI=1S/C20H26N4O2/c25-19-9-8-18(15-3-1-12-21-13-15)23-24(19)17-6-4-16(5-7-17)22-14-20(26)10-2-11-20/h1,3,8-9,12-13,16-17,22,26H,2,4-7,10-11,14H2. The van der Waals surface area contributed by atoms with Crippen molar-refractivity contribution in [3.63, 3.8) is 0 Å². The molecular formula is C20H26N4O2. The number of nitrogens with one attached hydrogen (secondary N) is 1. The molecule has 2 fully saturated rings. The van der Waals surface area contributed by atoms with Crippen molar-refractivity contribution in [2.24, 2.45) is 0 Å². The molecule has 2 heterocycles. The van der Waals surface area contributed by atoms with Gasteiger partial charge in [-0.05, 0) is 63.1 Å². The third-order valence-electron chi connectivity index (χ3n) is 5.83. The van der Waals surface area contributed by atoms with Gasteiger partial charge in [-0.25, -0.2) is 4.68 Å². The van der Waals surface area contributed by atoms with Gasteiger partial charge < -0.3 is 10.4 Å². The van der Waals surface area contributed by atoms with Crippen molar-refractivity contribution in [3.05, 3.63) is 47.0 Å². The fourth-order valence-corrected chi connectivity index (χ4v) is 3.98. The Balaban J connectivity index is 1.40. The summed E-state index contributed by atoms with van der Waals surface area (Å²) < 4.78 is 1.65. The van der Waals surface area contributed by atoms with Crippen LogP contribution in [0, 0.1) is 0 Å². The highest BCUT2D eigenvalue weighted by Gasteiger charge is 2.35. The van der Waals surface area contributed by atoms with Crippen LogP contribution in [0.25, 0.3) is 11.3 Å². The summed E-state index contributed by atoms with van der Waals surface area (Å²) in [4.78, 5) is 16.5. The van der Waals surface area contributed by atoms with E-state index in [1.807, 2.05) is 12.1 Å². The second kappa shape index (κ2) is 7.29. The van der Waals surface area contributed by atoms with Crippen LogP contribution < -0.4 is 10.9 Å². The van der Waals surface area contributed by atoms with Crippen LogP contribution in [0.4, 0.5) is 0 Å². The summed E-state index contributed by atoms with van der Waals surface area (Å²) in [6.45, 7) is 0.691. The highest BCUT2D eigenvalue weighted by molar-refractivity contribution is 5.56. The summed E-state index contributed by atoms with van der Waals surface area (Å²) in [5.74, 6) is 0. The molecule has 0 unspecified atom stereocenters. The van der Waals surface area contributed by atoms with E-state index in [0.717, 1.165) is 56.2 Å². The Morgan fingerprint density at radius 3 is 2.65 bits per heavy atom. The zero-order valence-corrected chi connectivity index (χ0v) is 15.0. The van der Waals surface area contributed by atoms with Crippen molar-refractivity contribution in [2.45, 2.75) is 62.6 Å². The van der Waals surface area contributed by atoms with Gasteiger partial charge in [0.2, 0.25) is 0 Å². The fraction of sp³-hybridized carbons (Fsp3) is 0.550. The molecule has 2 aromatic rings. The average molecular weight is 354 g/mol. The molecule has 0 aliphatic heterocycles. The lowest BCUT2D eigenvalue weighted by Crippen LogP contribution is -2.49. The van der Waals surface area contributed by atoms with Crippen LogP contribution in [-0.2, 0) is 0 Å². The maximum absolute atomic E-state index is 12.3. The zero-order valence-electron chi connectivity index (χ0n) is 15.0. The van der Waals surface area contributed by atoms with E-state index in [9.17, 15) is 9.90 Å². The van der Waals surface area contributed by atoms with Crippen molar-refractivity contribution in [3.8, 4) is 11.3 Å². The number of aliphatic hydroxyl groups is 1. The minimum Gasteiger partial charge on any atom is -0.389 e. The molecule has 2 N–H and O–H groups in total. The van der Waals surface area contributed by atoms with E-state index < -0.39 is 5.60 Å². The van der Waals surface area contributed by atoms with Gasteiger partial charge in [-0.2, -0.15) is 5.10 Å². The van der Waals surface area contributed by atoms with Crippen molar-refractivity contribution < 1.29 is 5.11 Å². The summed E-state index contributed by atoms with van der Waals surface area (Å²) in [6, 6.07) is 7.76. The second-order valence-corrected chi connectivity index (χ2v) is 7.71. The van der Waals surface area contributed by atoms with E-state index in [0.29, 0.717) is 12.6 Å². The lowest BCUT2D eigenvalue weighted by atomic mass is 9.80. The topological polar surface area (TPSA) is 80.0 Å². The summed E-state index contributed by atoms with van der Waals surface area (Å²) in [6.07, 6.45) is 10.3. The maximum Gasteiger partial charge on any atom is 0.267 e. The molecule has 0 radical (unpaired) electrons. The molecule has 6 nitrogen and oxygen atoms in total. The van der Waals surface area contributed by atoms with Gasteiger partial charge in [0.05, 0.1) is 17.3 Å². The second-order valence-electron chi connectivity index (χ2n) is 7.71. The number of nitrogens with zero attached hydrogens (tertiary/aromatic N) is 3. The molecule has 2 aromatic heterocycles. The molecule has 2 saturated carbocycles. The van der Waals surface area contributed by atoms with Crippen LogP contribution in [-0.4, -0.2) is 38.1 Å². The maximum atomic E-state index is 12.3. The van der Waals surface area contributed by atoms with Gasteiger partial charge >= 0.3 is 0 Å². The van der Waals surface area contributed by atoms with E-state index in [-0.39, 0.29) is 11.6 Å². The monoisotopic (exact) mass is 354 g/mol. The van der Waals surface area contributed by atoms with Crippen LogP contribution in [0.2, 0.25) is 0 Å². The predicted molar refractivity (Wildman–Crippen MR) is 99.8 cm³/mol. The zero-order chi connectivity index (χ0) is 18.0. The molecule has 138 valence electrons. The van der Waals surface area contributed by atoms with Crippen LogP contribution in [0.5, 0.6) is 0 Å². The minimum absolute atomic E-state index is 0.0437.